The lowest BCUT2D eigenvalue weighted by Crippen LogP contribution is -2.57. The standard InChI is InChI=1S/C23H22Cl2IN3O4/c1-4-33-22(32)16(29-19-18(26)20(30)23(19,2)3)9-12-5-7-13(8-6-12)28-21(31)17-14(24)10-27-11-15(17)25/h5-8,10-11,16,18H,4,9H2,1-3H3,(H,28,31)/t16-,18?/m0/s1. The third-order valence-electron chi connectivity index (χ3n) is 5.30. The maximum Gasteiger partial charge on any atom is 0.331 e. The van der Waals surface area contributed by atoms with E-state index in [0.29, 0.717) is 17.8 Å². The second-order valence-electron chi connectivity index (χ2n) is 7.97. The average Bonchev–Trinajstić information content (AvgIpc) is 2.76. The first-order chi connectivity index (χ1) is 15.6. The Bertz CT molecular complexity index is 1100. The van der Waals surface area contributed by atoms with Gasteiger partial charge in [-0.1, -0.05) is 57.9 Å². The number of ether oxygens (including phenoxy) is 1. The summed E-state index contributed by atoms with van der Waals surface area (Å²) < 4.78 is 4.87. The molecule has 1 aromatic heterocycles. The molecule has 7 nitrogen and oxygen atoms in total. The van der Waals surface area contributed by atoms with E-state index in [-0.39, 0.29) is 31.9 Å². The molecule has 2 atom stereocenters. The van der Waals surface area contributed by atoms with Gasteiger partial charge in [0.2, 0.25) is 0 Å². The van der Waals surface area contributed by atoms with Gasteiger partial charge in [-0.05, 0) is 38.5 Å². The molecule has 174 valence electrons. The lowest BCUT2D eigenvalue weighted by atomic mass is 9.68. The Morgan fingerprint density at radius 3 is 2.36 bits per heavy atom. The third kappa shape index (κ3) is 5.55. The van der Waals surface area contributed by atoms with Crippen molar-refractivity contribution in [1.29, 1.82) is 0 Å². The molecule has 0 saturated heterocycles. The molecule has 1 fully saturated rings. The van der Waals surface area contributed by atoms with Gasteiger partial charge in [0.25, 0.3) is 5.91 Å². The third-order valence-corrected chi connectivity index (χ3v) is 7.03. The molecular weight excluding hydrogens is 580 g/mol. The molecule has 3 rings (SSSR count). The summed E-state index contributed by atoms with van der Waals surface area (Å²) in [5.41, 5.74) is 1.51. The van der Waals surface area contributed by atoms with Crippen molar-refractivity contribution in [2.75, 3.05) is 11.9 Å². The summed E-state index contributed by atoms with van der Waals surface area (Å²) >= 11 is 14.1. The lowest BCUT2D eigenvalue weighted by molar-refractivity contribution is -0.144. The number of nitrogens with one attached hydrogen (secondary N) is 1. The van der Waals surface area contributed by atoms with E-state index in [9.17, 15) is 14.4 Å². The van der Waals surface area contributed by atoms with Crippen LogP contribution in [0.1, 0.15) is 36.7 Å². The number of alkyl halides is 1. The average molecular weight is 602 g/mol. The van der Waals surface area contributed by atoms with Gasteiger partial charge in [0.1, 0.15) is 3.92 Å². The molecule has 1 N–H and O–H groups in total. The quantitative estimate of drug-likeness (QED) is 0.275. The number of ketones is 1. The van der Waals surface area contributed by atoms with Gasteiger partial charge < -0.3 is 10.1 Å². The molecule has 1 aliphatic rings. The van der Waals surface area contributed by atoms with Crippen LogP contribution in [0, 0.1) is 5.41 Å². The van der Waals surface area contributed by atoms with Gasteiger partial charge in [-0.25, -0.2) is 4.79 Å². The molecule has 0 aliphatic heterocycles. The Kier molecular flexibility index (Phi) is 8.13. The van der Waals surface area contributed by atoms with Gasteiger partial charge in [0.05, 0.1) is 27.6 Å². The van der Waals surface area contributed by atoms with Gasteiger partial charge in [-0.15, -0.1) is 0 Å². The maximum atomic E-state index is 12.6. The van der Waals surface area contributed by atoms with Crippen LogP contribution in [0.5, 0.6) is 0 Å². The van der Waals surface area contributed by atoms with Gasteiger partial charge >= 0.3 is 5.97 Å². The number of aromatic nitrogens is 1. The van der Waals surface area contributed by atoms with Crippen molar-refractivity contribution >= 4 is 74.9 Å². The smallest absolute Gasteiger partial charge is 0.331 e. The Morgan fingerprint density at radius 2 is 1.82 bits per heavy atom. The fraction of sp³-hybridized carbons (Fsp3) is 0.348. The SMILES string of the molecule is CCOC(=O)[C@H](Cc1ccc(NC(=O)c2c(Cl)cncc2Cl)cc1)N=C1C(I)C(=O)C1(C)C. The fourth-order valence-electron chi connectivity index (χ4n) is 3.39. The summed E-state index contributed by atoms with van der Waals surface area (Å²) in [6, 6.07) is 6.24. The molecule has 2 aromatic rings. The number of hydrogen-bond acceptors (Lipinski definition) is 6. The molecule has 33 heavy (non-hydrogen) atoms. The minimum absolute atomic E-state index is 0.0963. The second kappa shape index (κ2) is 10.5. The van der Waals surface area contributed by atoms with Crippen molar-refractivity contribution in [1.82, 2.24) is 4.98 Å². The van der Waals surface area contributed by atoms with E-state index in [1.807, 2.05) is 36.4 Å². The molecule has 0 bridgehead atoms. The van der Waals surface area contributed by atoms with Gasteiger partial charge in [-0.3, -0.25) is 19.6 Å². The van der Waals surface area contributed by atoms with Crippen LogP contribution < -0.4 is 5.32 Å². The van der Waals surface area contributed by atoms with E-state index < -0.39 is 23.3 Å². The van der Waals surface area contributed by atoms with Crippen molar-refractivity contribution in [3.05, 3.63) is 57.8 Å². The largest absolute Gasteiger partial charge is 0.464 e. The number of carbonyl (C=O) groups is 3. The Balaban J connectivity index is 1.76. The summed E-state index contributed by atoms with van der Waals surface area (Å²) in [7, 11) is 0. The van der Waals surface area contributed by atoms with E-state index in [4.69, 9.17) is 27.9 Å². The van der Waals surface area contributed by atoms with Crippen LogP contribution in [0.4, 0.5) is 5.69 Å². The lowest BCUT2D eigenvalue weighted by Gasteiger charge is -2.40. The zero-order chi connectivity index (χ0) is 24.3. The molecule has 1 heterocycles. The molecular formula is C23H22Cl2IN3O4. The van der Waals surface area contributed by atoms with E-state index in [1.54, 1.807) is 31.2 Å². The van der Waals surface area contributed by atoms with Crippen molar-refractivity contribution in [2.24, 2.45) is 10.4 Å². The van der Waals surface area contributed by atoms with Crippen molar-refractivity contribution in [3.63, 3.8) is 0 Å². The van der Waals surface area contributed by atoms with Gasteiger partial charge in [-0.2, -0.15) is 0 Å². The van der Waals surface area contributed by atoms with E-state index in [1.165, 1.54) is 12.4 Å². The topological polar surface area (TPSA) is 97.7 Å². The first kappa shape index (κ1) is 25.6. The molecule has 0 radical (unpaired) electrons. The Morgan fingerprint density at radius 1 is 1.21 bits per heavy atom. The van der Waals surface area contributed by atoms with Crippen LogP contribution in [0.25, 0.3) is 0 Å². The molecule has 1 aromatic carbocycles. The summed E-state index contributed by atoms with van der Waals surface area (Å²) in [6.07, 6.45) is 2.99. The van der Waals surface area contributed by atoms with Crippen LogP contribution in [-0.4, -0.2) is 44.9 Å². The van der Waals surface area contributed by atoms with Crippen LogP contribution in [0.2, 0.25) is 10.0 Å². The molecule has 1 aliphatic carbocycles. The minimum atomic E-state index is -0.764. The molecule has 10 heteroatoms. The van der Waals surface area contributed by atoms with Crippen molar-refractivity contribution in [3.8, 4) is 0 Å². The van der Waals surface area contributed by atoms with Crippen LogP contribution in [-0.2, 0) is 20.7 Å². The number of carbonyl (C=O) groups excluding carboxylic acids is 3. The van der Waals surface area contributed by atoms with Crippen LogP contribution in [0.15, 0.2) is 41.7 Å². The number of esters is 1. The zero-order valence-corrected chi connectivity index (χ0v) is 21.9. The number of hydrogen-bond donors (Lipinski definition) is 1. The number of pyridine rings is 1. The number of aliphatic imine (C=N–C) groups is 1. The number of halogens is 3. The Hall–Kier alpha value is -2.04. The number of benzene rings is 1. The predicted octanol–water partition coefficient (Wildman–Crippen LogP) is 4.97. The molecule has 0 spiro atoms. The first-order valence-corrected chi connectivity index (χ1v) is 12.2. The highest BCUT2D eigenvalue weighted by Gasteiger charge is 2.52. The number of Topliss-reactive ketones (excluding diaryl/α,β-unsaturated/α-hetero) is 1. The summed E-state index contributed by atoms with van der Waals surface area (Å²) in [6.45, 7) is 5.59. The Labute approximate surface area is 215 Å². The summed E-state index contributed by atoms with van der Waals surface area (Å²) in [4.78, 5) is 45.7. The highest BCUT2D eigenvalue weighted by atomic mass is 127. The highest BCUT2D eigenvalue weighted by molar-refractivity contribution is 14.1. The van der Waals surface area contributed by atoms with Crippen molar-refractivity contribution in [2.45, 2.75) is 37.2 Å². The fourth-order valence-corrected chi connectivity index (χ4v) is 5.64. The maximum absolute atomic E-state index is 12.6. The predicted molar refractivity (Wildman–Crippen MR) is 137 cm³/mol. The highest BCUT2D eigenvalue weighted by Crippen LogP contribution is 2.39. The minimum Gasteiger partial charge on any atom is -0.464 e. The second-order valence-corrected chi connectivity index (χ2v) is 10.0. The monoisotopic (exact) mass is 601 g/mol. The molecule has 1 saturated carbocycles. The number of anilines is 1. The summed E-state index contributed by atoms with van der Waals surface area (Å²) in [5, 5.41) is 3.05. The van der Waals surface area contributed by atoms with Crippen LogP contribution >= 0.6 is 45.8 Å². The molecule has 1 amide bonds. The number of amides is 1. The van der Waals surface area contributed by atoms with Gasteiger partial charge in [0.15, 0.2) is 11.8 Å². The van der Waals surface area contributed by atoms with E-state index in [2.05, 4.69) is 15.3 Å². The zero-order valence-electron chi connectivity index (χ0n) is 18.2. The van der Waals surface area contributed by atoms with E-state index >= 15 is 0 Å². The van der Waals surface area contributed by atoms with E-state index in [0.717, 1.165) is 5.56 Å². The first-order valence-electron chi connectivity index (χ1n) is 10.2. The van der Waals surface area contributed by atoms with Crippen molar-refractivity contribution < 1.29 is 19.1 Å². The summed E-state index contributed by atoms with van der Waals surface area (Å²) in [5.74, 6) is -0.803. The van der Waals surface area contributed by atoms with Crippen LogP contribution in [0.3, 0.4) is 0 Å². The van der Waals surface area contributed by atoms with Gasteiger partial charge in [0, 0.05) is 30.2 Å². The number of rotatable bonds is 7. The normalized spacial score (nSPS) is 19.0. The number of nitrogens with zero attached hydrogens (tertiary/aromatic N) is 2. The molecule has 1 unspecified atom stereocenters.